The number of aryl methyl sites for hydroxylation is 1. The molecule has 2 aliphatic rings. The Balaban J connectivity index is 1.64. The van der Waals surface area contributed by atoms with Crippen molar-refractivity contribution in [1.82, 2.24) is 4.90 Å². The molecule has 48 heavy (non-hydrogen) atoms. The minimum Gasteiger partial charge on any atom is -0.504 e. The van der Waals surface area contributed by atoms with E-state index in [4.69, 9.17) is 20.9 Å². The zero-order valence-electron chi connectivity index (χ0n) is 28.3. The SMILES string of the molecule is COc1cc2cc(c1O)CN1C[C@@](Cc3ccccc3)(CC1=O)C[C@H](N=C(N)N)CSSCCCCCC[C@H](O)C[C@H](OC(C)=O)CC2. The number of carbonyl (C=O) groups excluding carboxylic acids is 2. The molecule has 0 aromatic heterocycles. The van der Waals surface area contributed by atoms with E-state index in [1.807, 2.05) is 40.0 Å². The van der Waals surface area contributed by atoms with Crippen LogP contribution in [-0.4, -0.2) is 76.4 Å². The Kier molecular flexibility index (Phi) is 14.6. The second kappa shape index (κ2) is 18.6. The van der Waals surface area contributed by atoms with Crippen molar-refractivity contribution in [2.24, 2.45) is 21.9 Å². The Hall–Kier alpha value is -3.09. The lowest BCUT2D eigenvalue weighted by Gasteiger charge is -2.32. The van der Waals surface area contributed by atoms with E-state index in [0.717, 1.165) is 48.3 Å². The molecule has 4 rings (SSSR count). The molecule has 6 N–H and O–H groups in total. The first-order chi connectivity index (χ1) is 23.1. The summed E-state index contributed by atoms with van der Waals surface area (Å²) in [5.41, 5.74) is 14.0. The van der Waals surface area contributed by atoms with Crippen LogP contribution >= 0.6 is 21.6 Å². The number of fused-ring (bicyclic) bond motifs is 4. The van der Waals surface area contributed by atoms with Crippen LogP contribution in [0.1, 0.15) is 81.4 Å². The van der Waals surface area contributed by atoms with Crippen LogP contribution in [0.15, 0.2) is 47.5 Å². The second-order valence-corrected chi connectivity index (χ2v) is 15.9. The van der Waals surface area contributed by atoms with Gasteiger partial charge in [-0.25, -0.2) is 4.99 Å². The monoisotopic (exact) mass is 700 g/mol. The molecular formula is C36H52N4O6S2. The summed E-state index contributed by atoms with van der Waals surface area (Å²) in [5, 5.41) is 21.9. The van der Waals surface area contributed by atoms with Crippen LogP contribution in [0.25, 0.3) is 0 Å². The van der Waals surface area contributed by atoms with E-state index in [9.17, 15) is 19.8 Å². The maximum Gasteiger partial charge on any atom is 0.302 e. The lowest BCUT2D eigenvalue weighted by Crippen LogP contribution is -2.35. The number of aliphatic hydroxyl groups is 1. The van der Waals surface area contributed by atoms with Gasteiger partial charge in [-0.3, -0.25) is 9.59 Å². The van der Waals surface area contributed by atoms with E-state index in [1.165, 1.54) is 14.0 Å². The minimum atomic E-state index is -0.560. The number of hydrogen-bond acceptors (Lipinski definition) is 9. The topological polar surface area (TPSA) is 161 Å². The van der Waals surface area contributed by atoms with Gasteiger partial charge in [-0.2, -0.15) is 0 Å². The molecule has 0 unspecified atom stereocenters. The molecule has 2 aromatic carbocycles. The molecule has 0 radical (unpaired) electrons. The van der Waals surface area contributed by atoms with Crippen molar-refractivity contribution < 1.29 is 29.3 Å². The number of aromatic hydroxyl groups is 1. The van der Waals surface area contributed by atoms with Crippen molar-refractivity contribution in [3.8, 4) is 11.5 Å². The average molecular weight is 701 g/mol. The number of hydrogen-bond donors (Lipinski definition) is 4. The fourth-order valence-corrected chi connectivity index (χ4v) is 9.33. The highest BCUT2D eigenvalue weighted by Crippen LogP contribution is 2.43. The maximum atomic E-state index is 13.8. The van der Waals surface area contributed by atoms with Gasteiger partial charge >= 0.3 is 5.97 Å². The highest BCUT2D eigenvalue weighted by atomic mass is 33.1. The summed E-state index contributed by atoms with van der Waals surface area (Å²) >= 11 is 0. The van der Waals surface area contributed by atoms with Gasteiger partial charge in [0.05, 0.1) is 19.3 Å². The number of ether oxygens (including phenoxy) is 2. The number of methoxy groups -OCH3 is 1. The lowest BCUT2D eigenvalue weighted by molar-refractivity contribution is -0.148. The van der Waals surface area contributed by atoms with Gasteiger partial charge in [-0.05, 0) is 55.7 Å². The third-order valence-corrected chi connectivity index (χ3v) is 11.7. The molecule has 4 atom stereocenters. The quantitative estimate of drug-likeness (QED) is 0.139. The van der Waals surface area contributed by atoms with Crippen LogP contribution in [0.4, 0.5) is 0 Å². The summed E-state index contributed by atoms with van der Waals surface area (Å²) in [6, 6.07) is 13.7. The number of phenols is 1. The van der Waals surface area contributed by atoms with E-state index >= 15 is 0 Å². The zero-order valence-corrected chi connectivity index (χ0v) is 29.9. The summed E-state index contributed by atoms with van der Waals surface area (Å²) < 4.78 is 11.1. The molecule has 2 aromatic rings. The predicted octanol–water partition coefficient (Wildman–Crippen LogP) is 5.36. The van der Waals surface area contributed by atoms with Crippen LogP contribution in [0, 0.1) is 5.41 Å². The summed E-state index contributed by atoms with van der Waals surface area (Å²) in [6.45, 7) is 2.10. The Morgan fingerprint density at radius 1 is 1.10 bits per heavy atom. The Morgan fingerprint density at radius 3 is 2.60 bits per heavy atom. The number of carbonyl (C=O) groups is 2. The normalized spacial score (nSPS) is 25.2. The van der Waals surface area contributed by atoms with Crippen molar-refractivity contribution >= 4 is 39.4 Å². The van der Waals surface area contributed by atoms with E-state index in [-0.39, 0.29) is 36.2 Å². The molecule has 10 nitrogen and oxygen atoms in total. The molecule has 1 fully saturated rings. The number of phenolic OH excluding ortho intramolecular Hbond substituents is 1. The number of nitrogens with zero attached hydrogens (tertiary/aromatic N) is 2. The average Bonchev–Trinajstić information content (AvgIpc) is 3.32. The Morgan fingerprint density at radius 2 is 1.88 bits per heavy atom. The molecular weight excluding hydrogens is 649 g/mol. The van der Waals surface area contributed by atoms with Gasteiger partial charge in [-0.15, -0.1) is 0 Å². The number of aliphatic hydroxyl groups excluding tert-OH is 1. The number of benzene rings is 2. The van der Waals surface area contributed by atoms with E-state index in [1.54, 1.807) is 16.9 Å². The number of amides is 1. The third-order valence-electron chi connectivity index (χ3n) is 9.10. The number of rotatable bonds is 5. The van der Waals surface area contributed by atoms with Gasteiger partial charge in [0.15, 0.2) is 17.5 Å². The van der Waals surface area contributed by atoms with E-state index in [2.05, 4.69) is 17.1 Å². The predicted molar refractivity (Wildman–Crippen MR) is 194 cm³/mol. The summed E-state index contributed by atoms with van der Waals surface area (Å²) in [7, 11) is 5.08. The lowest BCUT2D eigenvalue weighted by atomic mass is 9.76. The molecule has 1 saturated heterocycles. The van der Waals surface area contributed by atoms with Crippen LogP contribution in [0.2, 0.25) is 0 Å². The molecule has 0 saturated carbocycles. The first kappa shape index (κ1) is 37.7. The van der Waals surface area contributed by atoms with Crippen LogP contribution < -0.4 is 16.2 Å². The highest BCUT2D eigenvalue weighted by molar-refractivity contribution is 8.76. The first-order valence-electron chi connectivity index (χ1n) is 16.9. The number of nitrogens with two attached hydrogens (primary N) is 2. The van der Waals surface area contributed by atoms with E-state index < -0.39 is 17.6 Å². The first-order valence-corrected chi connectivity index (χ1v) is 19.4. The largest absolute Gasteiger partial charge is 0.504 e. The van der Waals surface area contributed by atoms with E-state index in [0.29, 0.717) is 62.8 Å². The summed E-state index contributed by atoms with van der Waals surface area (Å²) in [5.74, 6) is 1.73. The van der Waals surface area contributed by atoms with Gasteiger partial charge in [0.1, 0.15) is 6.10 Å². The fourth-order valence-electron chi connectivity index (χ4n) is 6.98. The third kappa shape index (κ3) is 11.8. The van der Waals surface area contributed by atoms with Crippen LogP contribution in [-0.2, 0) is 33.7 Å². The van der Waals surface area contributed by atoms with Gasteiger partial charge in [0.2, 0.25) is 5.91 Å². The van der Waals surface area contributed by atoms with Crippen molar-refractivity contribution in [2.45, 2.75) is 102 Å². The van der Waals surface area contributed by atoms with Crippen LogP contribution in [0.5, 0.6) is 11.5 Å². The number of guanidine groups is 1. The van der Waals surface area contributed by atoms with Gasteiger partial charge in [0, 0.05) is 55.3 Å². The molecule has 2 aliphatic heterocycles. The minimum absolute atomic E-state index is 0.00102. The van der Waals surface area contributed by atoms with Crippen LogP contribution in [0.3, 0.4) is 0 Å². The molecule has 12 heteroatoms. The Labute approximate surface area is 292 Å². The van der Waals surface area contributed by atoms with Gasteiger partial charge in [0.25, 0.3) is 0 Å². The summed E-state index contributed by atoms with van der Waals surface area (Å²) in [4.78, 5) is 32.1. The van der Waals surface area contributed by atoms with Gasteiger partial charge in [-0.1, -0.05) is 77.2 Å². The molecule has 0 aliphatic carbocycles. The maximum absolute atomic E-state index is 13.8. The zero-order chi connectivity index (χ0) is 34.5. The molecule has 4 bridgehead atoms. The Bertz CT molecular complexity index is 1380. The molecule has 264 valence electrons. The highest BCUT2D eigenvalue weighted by Gasteiger charge is 2.44. The van der Waals surface area contributed by atoms with Crippen molar-refractivity contribution in [2.75, 3.05) is 25.2 Å². The van der Waals surface area contributed by atoms with Gasteiger partial charge < -0.3 is 36.1 Å². The number of esters is 1. The number of aliphatic imine (C=N–C) groups is 1. The molecule has 0 spiro atoms. The van der Waals surface area contributed by atoms with Crippen molar-refractivity contribution in [1.29, 1.82) is 0 Å². The second-order valence-electron chi connectivity index (χ2n) is 13.3. The van der Waals surface area contributed by atoms with Crippen molar-refractivity contribution in [3.63, 3.8) is 0 Å². The standard InChI is InChI=1S/C36H52N4O6S2/c1-25(41)46-31-14-13-27-16-28(34(44)32(17-27)45-2)22-40-24-36(21-33(40)43,19-26-10-6-5-7-11-26)20-29(39-35(37)38)23-48-47-15-9-4-3-8-12-30(42)18-31/h5-7,10-11,16-17,29-31,42,44H,3-4,8-9,12-15,18-24H2,1-2H3,(H4,37,38,39)/t29-,30-,31+,36+/m0/s1. The van der Waals surface area contributed by atoms with Crippen molar-refractivity contribution in [3.05, 3.63) is 59.2 Å². The summed E-state index contributed by atoms with van der Waals surface area (Å²) in [6.07, 6.45) is 6.86. The molecule has 2 heterocycles. The fraction of sp³-hybridized carbons (Fsp3) is 0.583. The smallest absolute Gasteiger partial charge is 0.302 e. The molecule has 1 amide bonds.